The quantitative estimate of drug-likeness (QED) is 0.877. The van der Waals surface area contributed by atoms with Crippen LogP contribution in [0, 0.1) is 11.3 Å². The summed E-state index contributed by atoms with van der Waals surface area (Å²) in [6.45, 7) is 0.732. The van der Waals surface area contributed by atoms with Crippen molar-refractivity contribution in [2.75, 3.05) is 5.32 Å². The molecule has 0 unspecified atom stereocenters. The number of rotatable bonds is 5. The van der Waals surface area contributed by atoms with Gasteiger partial charge in [-0.3, -0.25) is 5.10 Å². The van der Waals surface area contributed by atoms with Crippen LogP contribution < -0.4 is 5.32 Å². The number of anilines is 1. The Morgan fingerprint density at radius 3 is 2.67 bits per heavy atom. The molecule has 2 fully saturated rings. The highest BCUT2D eigenvalue weighted by molar-refractivity contribution is 5.56. The van der Waals surface area contributed by atoms with Crippen molar-refractivity contribution in [2.24, 2.45) is 0 Å². The summed E-state index contributed by atoms with van der Waals surface area (Å²) in [5, 5.41) is 20.0. The molecule has 0 aliphatic heterocycles. The van der Waals surface area contributed by atoms with E-state index < -0.39 is 0 Å². The van der Waals surface area contributed by atoms with Gasteiger partial charge in [0, 0.05) is 12.5 Å². The van der Waals surface area contributed by atoms with E-state index in [-0.39, 0.29) is 0 Å². The third-order valence-corrected chi connectivity index (χ3v) is 4.41. The van der Waals surface area contributed by atoms with E-state index >= 15 is 0 Å². The van der Waals surface area contributed by atoms with Crippen molar-refractivity contribution in [3.05, 3.63) is 46.6 Å². The van der Waals surface area contributed by atoms with Crippen molar-refractivity contribution < 1.29 is 0 Å². The van der Waals surface area contributed by atoms with Crippen molar-refractivity contribution in [2.45, 2.75) is 44.1 Å². The number of nitrogens with zero attached hydrogens (tertiary/aromatic N) is 2. The maximum absolute atomic E-state index is 9.36. The number of aromatic amines is 1. The van der Waals surface area contributed by atoms with Gasteiger partial charge in [0.2, 0.25) is 0 Å². The molecule has 0 atom stereocenters. The molecule has 2 aliphatic rings. The van der Waals surface area contributed by atoms with Gasteiger partial charge in [0.15, 0.2) is 5.82 Å². The predicted molar refractivity (Wildman–Crippen MR) is 81.0 cm³/mol. The molecule has 0 spiro atoms. The van der Waals surface area contributed by atoms with E-state index in [4.69, 9.17) is 0 Å². The third kappa shape index (κ3) is 2.40. The van der Waals surface area contributed by atoms with E-state index in [1.807, 2.05) is 0 Å². The first-order valence-corrected chi connectivity index (χ1v) is 7.67. The lowest BCUT2D eigenvalue weighted by Gasteiger charge is -2.09. The van der Waals surface area contributed by atoms with Crippen LogP contribution in [0.25, 0.3) is 0 Å². The molecular formula is C17H18N4. The second-order valence-electron chi connectivity index (χ2n) is 6.07. The molecule has 106 valence electrons. The maximum atomic E-state index is 9.36. The van der Waals surface area contributed by atoms with Gasteiger partial charge in [-0.15, -0.1) is 0 Å². The van der Waals surface area contributed by atoms with E-state index in [9.17, 15) is 5.26 Å². The van der Waals surface area contributed by atoms with Crippen LogP contribution in [-0.2, 0) is 6.54 Å². The van der Waals surface area contributed by atoms with E-state index in [0.717, 1.165) is 18.2 Å². The topological polar surface area (TPSA) is 64.5 Å². The monoisotopic (exact) mass is 278 g/mol. The number of hydrogen-bond acceptors (Lipinski definition) is 3. The molecule has 4 nitrogen and oxygen atoms in total. The van der Waals surface area contributed by atoms with Gasteiger partial charge in [0.05, 0.1) is 5.69 Å². The molecule has 1 aromatic heterocycles. The van der Waals surface area contributed by atoms with Crippen molar-refractivity contribution in [1.82, 2.24) is 10.2 Å². The molecule has 2 aliphatic carbocycles. The molecular weight excluding hydrogens is 260 g/mol. The SMILES string of the molecule is N#Cc1c(NCc2ccccc2C2CC2)n[nH]c1C1CC1. The minimum atomic E-state index is 0.515. The van der Waals surface area contributed by atoms with Gasteiger partial charge in [-0.25, -0.2) is 0 Å². The Morgan fingerprint density at radius 2 is 1.95 bits per heavy atom. The first-order valence-electron chi connectivity index (χ1n) is 7.67. The van der Waals surface area contributed by atoms with Crippen LogP contribution in [0.5, 0.6) is 0 Å². The second kappa shape index (κ2) is 4.92. The summed E-state index contributed by atoms with van der Waals surface area (Å²) >= 11 is 0. The molecule has 0 amide bonds. The average Bonchev–Trinajstić information content (AvgIpc) is 3.42. The number of H-pyrrole nitrogens is 1. The lowest BCUT2D eigenvalue weighted by atomic mass is 10.0. The molecule has 1 heterocycles. The third-order valence-electron chi connectivity index (χ3n) is 4.41. The van der Waals surface area contributed by atoms with Crippen LogP contribution in [0.3, 0.4) is 0 Å². The summed E-state index contributed by atoms with van der Waals surface area (Å²) in [7, 11) is 0. The number of hydrogen-bond donors (Lipinski definition) is 2. The minimum Gasteiger partial charge on any atom is -0.363 e. The molecule has 2 aromatic rings. The smallest absolute Gasteiger partial charge is 0.166 e. The normalized spacial score (nSPS) is 17.5. The zero-order chi connectivity index (χ0) is 14.2. The minimum absolute atomic E-state index is 0.515. The van der Waals surface area contributed by atoms with Crippen LogP contribution in [0.2, 0.25) is 0 Å². The number of aromatic nitrogens is 2. The highest BCUT2D eigenvalue weighted by Gasteiger charge is 2.30. The van der Waals surface area contributed by atoms with Crippen LogP contribution in [-0.4, -0.2) is 10.2 Å². The number of benzene rings is 1. The highest BCUT2D eigenvalue weighted by Crippen LogP contribution is 2.43. The summed E-state index contributed by atoms with van der Waals surface area (Å²) < 4.78 is 0. The fraction of sp³-hybridized carbons (Fsp3) is 0.412. The van der Waals surface area contributed by atoms with Crippen LogP contribution in [0.1, 0.15) is 59.9 Å². The lowest BCUT2D eigenvalue weighted by molar-refractivity contribution is 0.956. The Morgan fingerprint density at radius 1 is 1.19 bits per heavy atom. The lowest BCUT2D eigenvalue weighted by Crippen LogP contribution is -2.04. The van der Waals surface area contributed by atoms with Gasteiger partial charge in [-0.2, -0.15) is 10.4 Å². The molecule has 2 saturated carbocycles. The predicted octanol–water partition coefficient (Wildman–Crippen LogP) is 3.65. The van der Waals surface area contributed by atoms with Gasteiger partial charge in [0.25, 0.3) is 0 Å². The molecule has 0 bridgehead atoms. The molecule has 21 heavy (non-hydrogen) atoms. The van der Waals surface area contributed by atoms with Crippen LogP contribution >= 0.6 is 0 Å². The van der Waals surface area contributed by atoms with Crippen molar-refractivity contribution >= 4 is 5.82 Å². The van der Waals surface area contributed by atoms with E-state index in [1.54, 1.807) is 0 Å². The summed E-state index contributed by atoms with van der Waals surface area (Å²) in [6, 6.07) is 10.9. The summed E-state index contributed by atoms with van der Waals surface area (Å²) in [5.41, 5.74) is 4.47. The van der Waals surface area contributed by atoms with Crippen molar-refractivity contribution in [3.8, 4) is 6.07 Å². The Balaban J connectivity index is 1.53. The Hall–Kier alpha value is -2.28. The van der Waals surface area contributed by atoms with Gasteiger partial charge >= 0.3 is 0 Å². The van der Waals surface area contributed by atoms with Crippen molar-refractivity contribution in [1.29, 1.82) is 5.26 Å². The standard InChI is InChI=1S/C17H18N4/c18-9-15-16(12-7-8-12)20-21-17(15)19-10-13-3-1-2-4-14(13)11-5-6-11/h1-4,11-12H,5-8,10H2,(H2,19,20,21). The van der Waals surface area contributed by atoms with E-state index in [2.05, 4.69) is 45.8 Å². The first-order chi connectivity index (χ1) is 10.4. The second-order valence-corrected chi connectivity index (χ2v) is 6.07. The molecule has 0 radical (unpaired) electrons. The van der Waals surface area contributed by atoms with Gasteiger partial charge in [-0.1, -0.05) is 24.3 Å². The Labute approximate surface area is 124 Å². The largest absolute Gasteiger partial charge is 0.363 e. The first kappa shape index (κ1) is 12.5. The number of nitriles is 1. The summed E-state index contributed by atoms with van der Waals surface area (Å²) in [4.78, 5) is 0. The molecule has 4 heteroatoms. The Bertz CT molecular complexity index is 702. The van der Waals surface area contributed by atoms with Gasteiger partial charge in [0.1, 0.15) is 11.6 Å². The maximum Gasteiger partial charge on any atom is 0.166 e. The molecule has 0 saturated heterocycles. The average molecular weight is 278 g/mol. The van der Waals surface area contributed by atoms with Crippen molar-refractivity contribution in [3.63, 3.8) is 0 Å². The zero-order valence-corrected chi connectivity index (χ0v) is 11.9. The zero-order valence-electron chi connectivity index (χ0n) is 11.9. The number of nitrogens with one attached hydrogen (secondary N) is 2. The molecule has 2 N–H and O–H groups in total. The van der Waals surface area contributed by atoms with E-state index in [0.29, 0.717) is 17.3 Å². The summed E-state index contributed by atoms with van der Waals surface area (Å²) in [5.74, 6) is 1.95. The van der Waals surface area contributed by atoms with Crippen LogP contribution in [0.4, 0.5) is 5.82 Å². The fourth-order valence-electron chi connectivity index (χ4n) is 2.93. The van der Waals surface area contributed by atoms with Gasteiger partial charge in [-0.05, 0) is 42.7 Å². The Kier molecular flexibility index (Phi) is 2.92. The fourth-order valence-corrected chi connectivity index (χ4v) is 2.93. The van der Waals surface area contributed by atoms with E-state index in [1.165, 1.54) is 36.8 Å². The van der Waals surface area contributed by atoms with Gasteiger partial charge < -0.3 is 5.32 Å². The summed E-state index contributed by atoms with van der Waals surface area (Å²) in [6.07, 6.45) is 4.94. The van der Waals surface area contributed by atoms with Crippen LogP contribution in [0.15, 0.2) is 24.3 Å². The molecule has 1 aromatic carbocycles. The molecule has 4 rings (SSSR count). The highest BCUT2D eigenvalue weighted by atomic mass is 15.2.